The van der Waals surface area contributed by atoms with Crippen LogP contribution in [0.25, 0.3) is 11.5 Å². The fourth-order valence-corrected chi connectivity index (χ4v) is 1.80. The highest BCUT2D eigenvalue weighted by molar-refractivity contribution is 9.10. The lowest BCUT2D eigenvalue weighted by molar-refractivity contribution is 0.0662. The normalized spacial score (nSPS) is 10.5. The maximum atomic E-state index is 10.9. The number of hydrogen-bond acceptors (Lipinski definition) is 4. The Labute approximate surface area is 105 Å². The van der Waals surface area contributed by atoms with Crippen LogP contribution >= 0.6 is 15.9 Å². The van der Waals surface area contributed by atoms with Gasteiger partial charge in [-0.05, 0) is 18.2 Å². The summed E-state index contributed by atoms with van der Waals surface area (Å²) in [4.78, 5) is 15.0. The fraction of sp³-hybridized carbons (Fsp3) is 0.0909. The van der Waals surface area contributed by atoms with Gasteiger partial charge in [0.25, 0.3) is 0 Å². The van der Waals surface area contributed by atoms with Gasteiger partial charge in [0.15, 0.2) is 0 Å². The molecule has 5 nitrogen and oxygen atoms in total. The molecule has 0 bridgehead atoms. The molecule has 2 rings (SSSR count). The molecular formula is C11H9BrN2O3. The number of aromatic carboxylic acids is 1. The second-order valence-corrected chi connectivity index (χ2v) is 4.23. The van der Waals surface area contributed by atoms with Gasteiger partial charge in [0.1, 0.15) is 5.69 Å². The molecule has 0 aliphatic rings. The first kappa shape index (κ1) is 11.8. The molecule has 0 saturated carbocycles. The van der Waals surface area contributed by atoms with Gasteiger partial charge in [-0.15, -0.1) is 0 Å². The van der Waals surface area contributed by atoms with Gasteiger partial charge in [0, 0.05) is 16.6 Å². The molecular weight excluding hydrogens is 288 g/mol. The van der Waals surface area contributed by atoms with Crippen LogP contribution in [0.2, 0.25) is 0 Å². The lowest BCUT2D eigenvalue weighted by Crippen LogP contribution is -2.04. The van der Waals surface area contributed by atoms with Gasteiger partial charge in [-0.25, -0.2) is 9.78 Å². The summed E-state index contributed by atoms with van der Waals surface area (Å²) in [5.74, 6) is -1.12. The number of nitrogens with two attached hydrogens (primary N) is 1. The van der Waals surface area contributed by atoms with Crippen molar-refractivity contribution in [2.24, 2.45) is 5.73 Å². The van der Waals surface area contributed by atoms with Gasteiger partial charge < -0.3 is 15.3 Å². The van der Waals surface area contributed by atoms with E-state index in [1.807, 2.05) is 12.1 Å². The highest BCUT2D eigenvalue weighted by Crippen LogP contribution is 2.24. The Hall–Kier alpha value is -1.66. The Morgan fingerprint density at radius 3 is 2.82 bits per heavy atom. The standard InChI is InChI=1S/C11H9BrN2O3/c12-7-3-1-2-6(4-7)10-14-8(5-13)9(17-10)11(15)16/h1-4H,5,13H2,(H,15,16). The fourth-order valence-electron chi connectivity index (χ4n) is 1.40. The van der Waals surface area contributed by atoms with Crippen molar-refractivity contribution in [1.82, 2.24) is 4.98 Å². The molecule has 0 amide bonds. The van der Waals surface area contributed by atoms with Crippen LogP contribution in [-0.2, 0) is 6.54 Å². The van der Waals surface area contributed by atoms with Gasteiger partial charge in [0.2, 0.25) is 11.7 Å². The van der Waals surface area contributed by atoms with E-state index in [9.17, 15) is 4.79 Å². The molecule has 3 N–H and O–H groups in total. The third-order valence-corrected chi connectivity index (χ3v) is 2.65. The Kier molecular flexibility index (Phi) is 3.26. The number of oxazole rings is 1. The first-order valence-corrected chi connectivity index (χ1v) is 5.60. The van der Waals surface area contributed by atoms with Crippen LogP contribution in [0.5, 0.6) is 0 Å². The zero-order valence-electron chi connectivity index (χ0n) is 8.68. The Morgan fingerprint density at radius 2 is 2.29 bits per heavy atom. The third kappa shape index (κ3) is 2.37. The molecule has 2 aromatic rings. The number of carbonyl (C=O) groups is 1. The van der Waals surface area contributed by atoms with E-state index in [-0.39, 0.29) is 23.9 Å². The second-order valence-electron chi connectivity index (χ2n) is 3.31. The van der Waals surface area contributed by atoms with Crippen LogP contribution in [0.15, 0.2) is 33.2 Å². The van der Waals surface area contributed by atoms with Crippen molar-refractivity contribution in [3.8, 4) is 11.5 Å². The molecule has 88 valence electrons. The molecule has 0 spiro atoms. The Morgan fingerprint density at radius 1 is 1.53 bits per heavy atom. The second kappa shape index (κ2) is 4.68. The Balaban J connectivity index is 2.50. The topological polar surface area (TPSA) is 89.4 Å². The molecule has 0 unspecified atom stereocenters. The summed E-state index contributed by atoms with van der Waals surface area (Å²) in [7, 11) is 0. The minimum atomic E-state index is -1.17. The average molecular weight is 297 g/mol. The molecule has 0 aliphatic heterocycles. The van der Waals surface area contributed by atoms with Gasteiger partial charge >= 0.3 is 5.97 Å². The van der Waals surface area contributed by atoms with Crippen LogP contribution in [-0.4, -0.2) is 16.1 Å². The van der Waals surface area contributed by atoms with E-state index >= 15 is 0 Å². The number of carboxylic acid groups (broad SMARTS) is 1. The summed E-state index contributed by atoms with van der Waals surface area (Å²) < 4.78 is 6.06. The summed E-state index contributed by atoms with van der Waals surface area (Å²) in [6.45, 7) is 0.0269. The maximum absolute atomic E-state index is 10.9. The minimum absolute atomic E-state index is 0.0269. The van der Waals surface area contributed by atoms with Crippen LogP contribution in [0, 0.1) is 0 Å². The number of nitrogens with zero attached hydrogens (tertiary/aromatic N) is 1. The van der Waals surface area contributed by atoms with Crippen LogP contribution in [0.1, 0.15) is 16.2 Å². The van der Waals surface area contributed by atoms with Crippen molar-refractivity contribution in [1.29, 1.82) is 0 Å². The van der Waals surface area contributed by atoms with E-state index in [1.54, 1.807) is 12.1 Å². The van der Waals surface area contributed by atoms with Crippen molar-refractivity contribution in [3.63, 3.8) is 0 Å². The monoisotopic (exact) mass is 296 g/mol. The average Bonchev–Trinajstić information content (AvgIpc) is 2.73. The number of benzene rings is 1. The van der Waals surface area contributed by atoms with Crippen LogP contribution in [0.3, 0.4) is 0 Å². The van der Waals surface area contributed by atoms with Gasteiger partial charge in [-0.3, -0.25) is 0 Å². The van der Waals surface area contributed by atoms with E-state index in [0.29, 0.717) is 5.56 Å². The zero-order valence-corrected chi connectivity index (χ0v) is 10.3. The molecule has 0 atom stereocenters. The number of rotatable bonds is 3. The van der Waals surface area contributed by atoms with E-state index in [2.05, 4.69) is 20.9 Å². The van der Waals surface area contributed by atoms with Crippen molar-refractivity contribution >= 4 is 21.9 Å². The van der Waals surface area contributed by atoms with E-state index in [0.717, 1.165) is 4.47 Å². The van der Waals surface area contributed by atoms with Gasteiger partial charge in [-0.1, -0.05) is 22.0 Å². The minimum Gasteiger partial charge on any atom is -0.475 e. The molecule has 1 aromatic heterocycles. The highest BCUT2D eigenvalue weighted by atomic mass is 79.9. The smallest absolute Gasteiger partial charge is 0.373 e. The van der Waals surface area contributed by atoms with Crippen molar-refractivity contribution in [2.75, 3.05) is 0 Å². The summed E-state index contributed by atoms with van der Waals surface area (Å²) in [6, 6.07) is 7.24. The van der Waals surface area contributed by atoms with E-state index in [4.69, 9.17) is 15.3 Å². The SMILES string of the molecule is NCc1nc(-c2cccc(Br)c2)oc1C(=O)O. The molecule has 17 heavy (non-hydrogen) atoms. The molecule has 1 heterocycles. The zero-order chi connectivity index (χ0) is 12.4. The van der Waals surface area contributed by atoms with Gasteiger partial charge in [-0.2, -0.15) is 0 Å². The summed E-state index contributed by atoms with van der Waals surface area (Å²) in [5.41, 5.74) is 6.35. The van der Waals surface area contributed by atoms with E-state index < -0.39 is 5.97 Å². The number of aromatic nitrogens is 1. The molecule has 0 saturated heterocycles. The van der Waals surface area contributed by atoms with Crippen LogP contribution < -0.4 is 5.73 Å². The molecule has 6 heteroatoms. The summed E-state index contributed by atoms with van der Waals surface area (Å²) in [5, 5.41) is 8.91. The largest absolute Gasteiger partial charge is 0.475 e. The highest BCUT2D eigenvalue weighted by Gasteiger charge is 2.19. The predicted octanol–water partition coefficient (Wildman–Crippen LogP) is 2.26. The van der Waals surface area contributed by atoms with Crippen molar-refractivity contribution < 1.29 is 14.3 Å². The quantitative estimate of drug-likeness (QED) is 0.907. The van der Waals surface area contributed by atoms with Crippen molar-refractivity contribution in [3.05, 3.63) is 40.2 Å². The van der Waals surface area contributed by atoms with Crippen LogP contribution in [0.4, 0.5) is 0 Å². The lowest BCUT2D eigenvalue weighted by atomic mass is 10.2. The molecule has 0 aliphatic carbocycles. The maximum Gasteiger partial charge on any atom is 0.373 e. The Bertz CT molecular complexity index is 566. The summed E-state index contributed by atoms with van der Waals surface area (Å²) >= 11 is 3.32. The first-order valence-electron chi connectivity index (χ1n) is 4.81. The van der Waals surface area contributed by atoms with E-state index in [1.165, 1.54) is 0 Å². The third-order valence-electron chi connectivity index (χ3n) is 2.16. The number of carboxylic acids is 1. The molecule has 0 fully saturated rings. The lowest BCUT2D eigenvalue weighted by Gasteiger charge is -1.95. The molecule has 0 radical (unpaired) electrons. The number of halogens is 1. The van der Waals surface area contributed by atoms with Crippen molar-refractivity contribution in [2.45, 2.75) is 6.54 Å². The first-order chi connectivity index (χ1) is 8.11. The molecule has 1 aromatic carbocycles. The number of hydrogen-bond donors (Lipinski definition) is 2. The predicted molar refractivity (Wildman–Crippen MR) is 64.5 cm³/mol. The summed E-state index contributed by atoms with van der Waals surface area (Å²) in [6.07, 6.45) is 0. The van der Waals surface area contributed by atoms with Gasteiger partial charge in [0.05, 0.1) is 0 Å².